The van der Waals surface area contributed by atoms with Crippen molar-refractivity contribution in [1.82, 2.24) is 10.2 Å². The first-order chi connectivity index (χ1) is 3.79. The van der Waals surface area contributed by atoms with E-state index in [0.29, 0.717) is 6.04 Å². The van der Waals surface area contributed by atoms with Crippen molar-refractivity contribution in [2.45, 2.75) is 13.0 Å². The Bertz CT molecular complexity index is 64.9. The number of nitrogens with zero attached hydrogens (tertiary/aromatic N) is 1. The van der Waals surface area contributed by atoms with Crippen LogP contribution < -0.4 is 5.32 Å². The molecular formula is C6H14N2. The average Bonchev–Trinajstić information content (AvgIpc) is 1.64. The van der Waals surface area contributed by atoms with Crippen LogP contribution in [0.15, 0.2) is 0 Å². The van der Waals surface area contributed by atoms with Crippen molar-refractivity contribution >= 4 is 0 Å². The minimum absolute atomic E-state index is 0.689. The zero-order valence-electron chi connectivity index (χ0n) is 5.65. The van der Waals surface area contributed by atoms with Gasteiger partial charge >= 0.3 is 0 Å². The van der Waals surface area contributed by atoms with Gasteiger partial charge in [0.15, 0.2) is 0 Å². The van der Waals surface area contributed by atoms with Crippen LogP contribution in [0.2, 0.25) is 0 Å². The summed E-state index contributed by atoms with van der Waals surface area (Å²) in [5, 5.41) is 3.37. The average molecular weight is 114 g/mol. The summed E-state index contributed by atoms with van der Waals surface area (Å²) in [6.45, 7) is 5.76. The van der Waals surface area contributed by atoms with E-state index >= 15 is 0 Å². The van der Waals surface area contributed by atoms with E-state index < -0.39 is 0 Å². The van der Waals surface area contributed by atoms with Gasteiger partial charge in [0.05, 0.1) is 0 Å². The van der Waals surface area contributed by atoms with E-state index in [9.17, 15) is 0 Å². The minimum Gasteiger partial charge on any atom is -0.312 e. The summed E-state index contributed by atoms with van der Waals surface area (Å²) in [5.41, 5.74) is 0. The van der Waals surface area contributed by atoms with Crippen LogP contribution in [0.3, 0.4) is 0 Å². The molecule has 8 heavy (non-hydrogen) atoms. The molecule has 0 spiro atoms. The predicted octanol–water partition coefficient (Wildman–Crippen LogP) is -0.0901. The van der Waals surface area contributed by atoms with Crippen molar-refractivity contribution in [2.24, 2.45) is 0 Å². The molecule has 0 amide bonds. The summed E-state index contributed by atoms with van der Waals surface area (Å²) >= 11 is 0. The van der Waals surface area contributed by atoms with Gasteiger partial charge in [0.2, 0.25) is 0 Å². The standard InChI is InChI=1S/C6H14N2/c1-6-5-8(2)4-3-7-6/h6-7H,3-5H2,1-2H3. The van der Waals surface area contributed by atoms with E-state index in [2.05, 4.69) is 24.2 Å². The molecule has 2 heteroatoms. The number of piperazine rings is 1. The molecule has 1 rings (SSSR count). The minimum atomic E-state index is 0.689. The first-order valence-corrected chi connectivity index (χ1v) is 3.21. The molecule has 1 N–H and O–H groups in total. The summed E-state index contributed by atoms with van der Waals surface area (Å²) in [5.74, 6) is 0. The smallest absolute Gasteiger partial charge is 0.0167 e. The van der Waals surface area contributed by atoms with E-state index in [1.807, 2.05) is 0 Å². The highest BCUT2D eigenvalue weighted by atomic mass is 15.2. The van der Waals surface area contributed by atoms with Crippen LogP contribution in [0.25, 0.3) is 0 Å². The molecule has 1 fully saturated rings. The first kappa shape index (κ1) is 6.05. The zero-order valence-corrected chi connectivity index (χ0v) is 5.65. The monoisotopic (exact) mass is 114 g/mol. The molecule has 2 nitrogen and oxygen atoms in total. The fourth-order valence-electron chi connectivity index (χ4n) is 1.13. The van der Waals surface area contributed by atoms with Crippen molar-refractivity contribution in [3.63, 3.8) is 0 Å². The molecule has 1 aliphatic heterocycles. The van der Waals surface area contributed by atoms with Crippen molar-refractivity contribution in [1.29, 1.82) is 0 Å². The molecule has 1 heterocycles. The van der Waals surface area contributed by atoms with Crippen LogP contribution in [0, 0.1) is 0 Å². The van der Waals surface area contributed by atoms with Gasteiger partial charge in [-0.05, 0) is 14.0 Å². The first-order valence-electron chi connectivity index (χ1n) is 3.21. The lowest BCUT2D eigenvalue weighted by atomic mass is 10.2. The van der Waals surface area contributed by atoms with E-state index in [1.54, 1.807) is 0 Å². The Hall–Kier alpha value is -0.0800. The van der Waals surface area contributed by atoms with E-state index in [4.69, 9.17) is 0 Å². The molecule has 48 valence electrons. The van der Waals surface area contributed by atoms with Crippen LogP contribution in [-0.4, -0.2) is 37.6 Å². The Morgan fingerprint density at radius 2 is 2.38 bits per heavy atom. The maximum atomic E-state index is 3.37. The van der Waals surface area contributed by atoms with Gasteiger partial charge < -0.3 is 10.2 Å². The molecule has 0 saturated carbocycles. The largest absolute Gasteiger partial charge is 0.312 e. The van der Waals surface area contributed by atoms with Crippen LogP contribution in [0.4, 0.5) is 0 Å². The molecule has 0 aromatic heterocycles. The molecule has 0 radical (unpaired) electrons. The number of hydrogen-bond donors (Lipinski definition) is 1. The van der Waals surface area contributed by atoms with Gasteiger partial charge in [0.1, 0.15) is 0 Å². The fraction of sp³-hybridized carbons (Fsp3) is 1.00. The third-order valence-electron chi connectivity index (χ3n) is 1.57. The molecule has 1 atom stereocenters. The molecule has 1 saturated heterocycles. The van der Waals surface area contributed by atoms with Crippen LogP contribution in [0.1, 0.15) is 6.92 Å². The van der Waals surface area contributed by atoms with E-state index in [-0.39, 0.29) is 0 Å². The Morgan fingerprint density at radius 1 is 1.62 bits per heavy atom. The third kappa shape index (κ3) is 1.46. The molecular weight excluding hydrogens is 100 g/mol. The second kappa shape index (κ2) is 2.46. The summed E-state index contributed by atoms with van der Waals surface area (Å²) in [4.78, 5) is 2.35. The second-order valence-corrected chi connectivity index (χ2v) is 2.62. The van der Waals surface area contributed by atoms with Gasteiger partial charge in [0.25, 0.3) is 0 Å². The van der Waals surface area contributed by atoms with Gasteiger partial charge in [-0.2, -0.15) is 0 Å². The molecule has 1 aliphatic rings. The number of likely N-dealkylation sites (N-methyl/N-ethyl adjacent to an activating group) is 1. The van der Waals surface area contributed by atoms with Crippen molar-refractivity contribution in [3.8, 4) is 0 Å². The molecule has 0 bridgehead atoms. The zero-order chi connectivity index (χ0) is 5.98. The van der Waals surface area contributed by atoms with Gasteiger partial charge in [-0.15, -0.1) is 0 Å². The van der Waals surface area contributed by atoms with Gasteiger partial charge in [0, 0.05) is 25.7 Å². The Balaban J connectivity index is 2.23. The lowest BCUT2D eigenvalue weighted by Crippen LogP contribution is -2.47. The van der Waals surface area contributed by atoms with Crippen molar-refractivity contribution in [2.75, 3.05) is 26.7 Å². The highest BCUT2D eigenvalue weighted by molar-refractivity contribution is 4.71. The van der Waals surface area contributed by atoms with Crippen molar-refractivity contribution in [3.05, 3.63) is 0 Å². The van der Waals surface area contributed by atoms with Gasteiger partial charge in [-0.1, -0.05) is 0 Å². The lowest BCUT2D eigenvalue weighted by molar-refractivity contribution is 0.248. The number of rotatable bonds is 0. The Morgan fingerprint density at radius 3 is 2.75 bits per heavy atom. The van der Waals surface area contributed by atoms with Crippen LogP contribution in [-0.2, 0) is 0 Å². The van der Waals surface area contributed by atoms with Gasteiger partial charge in [-0.25, -0.2) is 0 Å². The topological polar surface area (TPSA) is 15.3 Å². The summed E-state index contributed by atoms with van der Waals surface area (Å²) in [7, 11) is 2.16. The summed E-state index contributed by atoms with van der Waals surface area (Å²) in [6, 6.07) is 0.689. The Kier molecular flexibility index (Phi) is 1.86. The number of hydrogen-bond acceptors (Lipinski definition) is 2. The van der Waals surface area contributed by atoms with E-state index in [0.717, 1.165) is 6.54 Å². The van der Waals surface area contributed by atoms with E-state index in [1.165, 1.54) is 13.1 Å². The molecule has 1 unspecified atom stereocenters. The third-order valence-corrected chi connectivity index (χ3v) is 1.57. The van der Waals surface area contributed by atoms with Crippen LogP contribution in [0.5, 0.6) is 0 Å². The lowest BCUT2D eigenvalue weighted by Gasteiger charge is -2.28. The highest BCUT2D eigenvalue weighted by Gasteiger charge is 2.09. The second-order valence-electron chi connectivity index (χ2n) is 2.62. The van der Waals surface area contributed by atoms with Gasteiger partial charge in [-0.3, -0.25) is 0 Å². The Labute approximate surface area is 50.9 Å². The molecule has 0 aromatic carbocycles. The predicted molar refractivity (Wildman–Crippen MR) is 35.0 cm³/mol. The van der Waals surface area contributed by atoms with Crippen LogP contribution >= 0.6 is 0 Å². The fourth-order valence-corrected chi connectivity index (χ4v) is 1.13. The summed E-state index contributed by atoms with van der Waals surface area (Å²) in [6.07, 6.45) is 0. The highest BCUT2D eigenvalue weighted by Crippen LogP contribution is 1.92. The maximum absolute atomic E-state index is 3.37. The van der Waals surface area contributed by atoms with Crippen molar-refractivity contribution < 1.29 is 0 Å². The quantitative estimate of drug-likeness (QED) is 0.473. The SMILES string of the molecule is CC1CN(C)CCN1. The number of nitrogens with one attached hydrogen (secondary N) is 1. The normalized spacial score (nSPS) is 33.0. The summed E-state index contributed by atoms with van der Waals surface area (Å²) < 4.78 is 0. The molecule has 0 aliphatic carbocycles. The molecule has 0 aromatic rings. The maximum Gasteiger partial charge on any atom is 0.0167 e.